The van der Waals surface area contributed by atoms with Gasteiger partial charge in [-0.2, -0.15) is 5.26 Å². The third kappa shape index (κ3) is 3.58. The molecule has 0 saturated heterocycles. The number of nitrogen functional groups attached to an aromatic ring is 1. The van der Waals surface area contributed by atoms with Crippen molar-refractivity contribution in [2.45, 2.75) is 26.4 Å². The lowest BCUT2D eigenvalue weighted by Crippen LogP contribution is -2.23. The maximum absolute atomic E-state index is 12.1. The van der Waals surface area contributed by atoms with Crippen LogP contribution in [0, 0.1) is 11.3 Å². The fourth-order valence-corrected chi connectivity index (χ4v) is 2.15. The molecule has 0 atom stereocenters. The van der Waals surface area contributed by atoms with E-state index in [4.69, 9.17) is 15.7 Å². The highest BCUT2D eigenvalue weighted by atomic mass is 16.6. The minimum absolute atomic E-state index is 0.0212. The summed E-state index contributed by atoms with van der Waals surface area (Å²) in [4.78, 5) is 12.1. The van der Waals surface area contributed by atoms with Gasteiger partial charge < -0.3 is 20.7 Å². The Morgan fingerprint density at radius 2 is 1.83 bits per heavy atom. The van der Waals surface area contributed by atoms with Crippen LogP contribution < -0.4 is 5.73 Å². The lowest BCUT2D eigenvalue weighted by atomic mass is 9.99. The lowest BCUT2D eigenvalue weighted by Gasteiger charge is -2.20. The summed E-state index contributed by atoms with van der Waals surface area (Å²) in [6, 6.07) is 8.99. The van der Waals surface area contributed by atoms with Gasteiger partial charge in [-0.3, -0.25) is 0 Å². The van der Waals surface area contributed by atoms with E-state index in [1.165, 1.54) is 24.3 Å². The van der Waals surface area contributed by atoms with Crippen LogP contribution in [-0.2, 0) is 4.74 Å². The summed E-state index contributed by atoms with van der Waals surface area (Å²) in [5, 5.41) is 28.9. The maximum atomic E-state index is 12.1. The minimum atomic E-state index is -0.681. The number of carbonyl (C=O) groups excluding carboxylic acids is 1. The van der Waals surface area contributed by atoms with Crippen molar-refractivity contribution in [1.82, 2.24) is 0 Å². The fourth-order valence-electron chi connectivity index (χ4n) is 2.15. The molecule has 0 amide bonds. The zero-order valence-corrected chi connectivity index (χ0v) is 13.6. The largest absolute Gasteiger partial charge is 0.507 e. The minimum Gasteiger partial charge on any atom is -0.507 e. The highest BCUT2D eigenvalue weighted by molar-refractivity contribution is 5.94. The number of nitriles is 1. The number of phenolic OH excluding ortho intramolecular Hbond substituents is 2. The molecule has 2 aromatic carbocycles. The van der Waals surface area contributed by atoms with E-state index in [0.717, 1.165) is 0 Å². The summed E-state index contributed by atoms with van der Waals surface area (Å²) in [5.74, 6) is -1.14. The SMILES string of the molecule is CC(C)(C)OC(=O)c1ccc(-c2cc(C#N)cc(O)c2N)cc1O. The molecule has 0 radical (unpaired) electrons. The van der Waals surface area contributed by atoms with E-state index < -0.39 is 11.6 Å². The van der Waals surface area contributed by atoms with Gasteiger partial charge in [0.2, 0.25) is 0 Å². The molecule has 0 fully saturated rings. The first-order chi connectivity index (χ1) is 11.1. The second-order valence-electron chi connectivity index (χ2n) is 6.30. The molecular formula is C18H18N2O4. The van der Waals surface area contributed by atoms with Crippen LogP contribution in [0.1, 0.15) is 36.7 Å². The number of rotatable bonds is 2. The molecule has 0 aliphatic rings. The molecule has 0 aliphatic heterocycles. The Bertz CT molecular complexity index is 845. The number of ether oxygens (including phenoxy) is 1. The standard InChI is InChI=1S/C18H18N2O4/c1-18(2,3)24-17(23)12-5-4-11(8-14(12)21)13-6-10(9-19)7-15(22)16(13)20/h4-8,21-22H,20H2,1-3H3. The molecule has 6 heteroatoms. The van der Waals surface area contributed by atoms with E-state index in [-0.39, 0.29) is 28.3 Å². The lowest BCUT2D eigenvalue weighted by molar-refractivity contribution is 0.00668. The molecular weight excluding hydrogens is 308 g/mol. The van der Waals surface area contributed by atoms with Gasteiger partial charge in [-0.1, -0.05) is 6.07 Å². The topological polar surface area (TPSA) is 117 Å². The quantitative estimate of drug-likeness (QED) is 0.443. The van der Waals surface area contributed by atoms with Crippen molar-refractivity contribution in [2.24, 2.45) is 0 Å². The van der Waals surface area contributed by atoms with Gasteiger partial charge in [0, 0.05) is 5.56 Å². The van der Waals surface area contributed by atoms with Crippen LogP contribution >= 0.6 is 0 Å². The number of carbonyl (C=O) groups is 1. The zero-order valence-electron chi connectivity index (χ0n) is 13.6. The molecule has 0 heterocycles. The molecule has 0 bridgehead atoms. The monoisotopic (exact) mass is 326 g/mol. The van der Waals surface area contributed by atoms with Crippen LogP contribution in [0.4, 0.5) is 5.69 Å². The number of esters is 1. The molecule has 0 spiro atoms. The van der Waals surface area contributed by atoms with E-state index in [9.17, 15) is 15.0 Å². The number of benzene rings is 2. The molecule has 0 saturated carbocycles. The van der Waals surface area contributed by atoms with E-state index >= 15 is 0 Å². The molecule has 124 valence electrons. The maximum Gasteiger partial charge on any atom is 0.342 e. The van der Waals surface area contributed by atoms with Gasteiger partial charge >= 0.3 is 5.97 Å². The third-order valence-electron chi connectivity index (χ3n) is 3.21. The second kappa shape index (κ2) is 6.13. The van der Waals surface area contributed by atoms with Crippen LogP contribution in [0.25, 0.3) is 11.1 Å². The number of hydrogen-bond acceptors (Lipinski definition) is 6. The van der Waals surface area contributed by atoms with Crippen molar-refractivity contribution in [2.75, 3.05) is 5.73 Å². The average Bonchev–Trinajstić information content (AvgIpc) is 2.47. The predicted octanol–water partition coefficient (Wildman–Crippen LogP) is 3.17. The summed E-state index contributed by atoms with van der Waals surface area (Å²) in [7, 11) is 0. The highest BCUT2D eigenvalue weighted by Crippen LogP contribution is 2.36. The van der Waals surface area contributed by atoms with Crippen molar-refractivity contribution >= 4 is 11.7 Å². The predicted molar refractivity (Wildman–Crippen MR) is 89.5 cm³/mol. The van der Waals surface area contributed by atoms with Crippen LogP contribution in [0.2, 0.25) is 0 Å². The Kier molecular flexibility index (Phi) is 4.38. The highest BCUT2D eigenvalue weighted by Gasteiger charge is 2.21. The molecule has 24 heavy (non-hydrogen) atoms. The van der Waals surface area contributed by atoms with Gasteiger partial charge in [0.25, 0.3) is 0 Å². The number of phenols is 2. The van der Waals surface area contributed by atoms with E-state index in [0.29, 0.717) is 11.1 Å². The van der Waals surface area contributed by atoms with Gasteiger partial charge in [-0.25, -0.2) is 4.79 Å². The average molecular weight is 326 g/mol. The zero-order chi connectivity index (χ0) is 18.1. The molecule has 0 aromatic heterocycles. The van der Waals surface area contributed by atoms with Crippen molar-refractivity contribution in [1.29, 1.82) is 5.26 Å². The Labute approximate surface area is 139 Å². The van der Waals surface area contributed by atoms with Gasteiger partial charge in [0.1, 0.15) is 22.7 Å². The van der Waals surface area contributed by atoms with Gasteiger partial charge in [-0.05, 0) is 50.6 Å². The summed E-state index contributed by atoms with van der Waals surface area (Å²) < 4.78 is 5.22. The first kappa shape index (κ1) is 17.2. The van der Waals surface area contributed by atoms with Crippen molar-refractivity contribution < 1.29 is 19.7 Å². The number of hydrogen-bond donors (Lipinski definition) is 3. The summed E-state index contributed by atoms with van der Waals surface area (Å²) >= 11 is 0. The Balaban J connectivity index is 2.46. The Hall–Kier alpha value is -3.20. The normalized spacial score (nSPS) is 10.9. The van der Waals surface area contributed by atoms with E-state index in [1.54, 1.807) is 26.8 Å². The molecule has 0 unspecified atom stereocenters. The van der Waals surface area contributed by atoms with Crippen LogP contribution in [0.3, 0.4) is 0 Å². The number of nitrogens with zero attached hydrogens (tertiary/aromatic N) is 1. The van der Waals surface area contributed by atoms with Gasteiger partial charge in [0.05, 0.1) is 17.3 Å². The van der Waals surface area contributed by atoms with Gasteiger partial charge in [-0.15, -0.1) is 0 Å². The first-order valence-corrected chi connectivity index (χ1v) is 7.21. The smallest absolute Gasteiger partial charge is 0.342 e. The first-order valence-electron chi connectivity index (χ1n) is 7.21. The summed E-state index contributed by atoms with van der Waals surface area (Å²) in [6.07, 6.45) is 0. The Morgan fingerprint density at radius 1 is 1.17 bits per heavy atom. The van der Waals surface area contributed by atoms with Crippen molar-refractivity contribution in [3.8, 4) is 28.7 Å². The molecule has 4 N–H and O–H groups in total. The Morgan fingerprint density at radius 3 is 2.38 bits per heavy atom. The molecule has 0 aliphatic carbocycles. The summed E-state index contributed by atoms with van der Waals surface area (Å²) in [6.45, 7) is 5.19. The van der Waals surface area contributed by atoms with E-state index in [1.807, 2.05) is 6.07 Å². The molecule has 2 aromatic rings. The number of anilines is 1. The number of aromatic hydroxyl groups is 2. The molecule has 2 rings (SSSR count). The third-order valence-corrected chi connectivity index (χ3v) is 3.21. The second-order valence-corrected chi connectivity index (χ2v) is 6.30. The van der Waals surface area contributed by atoms with Crippen molar-refractivity contribution in [3.05, 3.63) is 41.5 Å². The van der Waals surface area contributed by atoms with Crippen LogP contribution in [0.15, 0.2) is 30.3 Å². The van der Waals surface area contributed by atoms with Crippen LogP contribution in [-0.4, -0.2) is 21.8 Å². The summed E-state index contributed by atoms with van der Waals surface area (Å²) in [5.41, 5.74) is 6.34. The van der Waals surface area contributed by atoms with Crippen molar-refractivity contribution in [3.63, 3.8) is 0 Å². The van der Waals surface area contributed by atoms with Crippen LogP contribution in [0.5, 0.6) is 11.5 Å². The molecule has 6 nitrogen and oxygen atoms in total. The number of nitrogens with two attached hydrogens (primary N) is 1. The van der Waals surface area contributed by atoms with E-state index in [2.05, 4.69) is 0 Å². The van der Waals surface area contributed by atoms with Gasteiger partial charge in [0.15, 0.2) is 0 Å². The fraction of sp³-hybridized carbons (Fsp3) is 0.222.